The third-order valence-electron chi connectivity index (χ3n) is 3.79. The van der Waals surface area contributed by atoms with Crippen molar-refractivity contribution in [3.05, 3.63) is 70.0 Å². The maximum Gasteiger partial charge on any atom is 0.275 e. The maximum absolute atomic E-state index is 13.9. The molecular formula is C20H21F3N2O2. The summed E-state index contributed by atoms with van der Waals surface area (Å²) in [6.07, 6.45) is 0. The lowest BCUT2D eigenvalue weighted by Crippen LogP contribution is -2.56. The predicted molar refractivity (Wildman–Crippen MR) is 95.6 cm³/mol. The standard InChI is InChI=1S/C20H21F3N2O2/c1-11-6-12(2)8-13(7-11)19(27)25(20(3,4)5)24-18(26)17-15(22)9-14(21)10-16(17)23/h6-10H,1-5H3,(H,24,26). The number of hydrogen-bond acceptors (Lipinski definition) is 2. The Morgan fingerprint density at radius 3 is 1.81 bits per heavy atom. The molecule has 27 heavy (non-hydrogen) atoms. The van der Waals surface area contributed by atoms with Gasteiger partial charge >= 0.3 is 0 Å². The van der Waals surface area contributed by atoms with Gasteiger partial charge in [-0.05, 0) is 46.8 Å². The number of hydrazine groups is 1. The van der Waals surface area contributed by atoms with Crippen molar-refractivity contribution in [3.8, 4) is 0 Å². The fourth-order valence-electron chi connectivity index (χ4n) is 2.67. The lowest BCUT2D eigenvalue weighted by Gasteiger charge is -2.35. The fourth-order valence-corrected chi connectivity index (χ4v) is 2.67. The smallest absolute Gasteiger partial charge is 0.267 e. The van der Waals surface area contributed by atoms with Crippen LogP contribution in [0.5, 0.6) is 0 Å². The molecule has 7 heteroatoms. The molecule has 0 aliphatic heterocycles. The summed E-state index contributed by atoms with van der Waals surface area (Å²) < 4.78 is 40.9. The van der Waals surface area contributed by atoms with E-state index in [-0.39, 0.29) is 0 Å². The van der Waals surface area contributed by atoms with Crippen LogP contribution < -0.4 is 5.43 Å². The van der Waals surface area contributed by atoms with Crippen LogP contribution in [0.2, 0.25) is 0 Å². The molecule has 2 aromatic carbocycles. The van der Waals surface area contributed by atoms with Crippen LogP contribution in [0, 0.1) is 31.3 Å². The van der Waals surface area contributed by atoms with E-state index in [1.165, 1.54) is 0 Å². The van der Waals surface area contributed by atoms with Crippen LogP contribution in [-0.4, -0.2) is 22.4 Å². The largest absolute Gasteiger partial charge is 0.275 e. The number of nitrogens with one attached hydrogen (secondary N) is 1. The summed E-state index contributed by atoms with van der Waals surface area (Å²) in [6, 6.07) is 6.01. The molecule has 0 fully saturated rings. The van der Waals surface area contributed by atoms with Crippen molar-refractivity contribution < 1.29 is 22.8 Å². The normalized spacial score (nSPS) is 11.3. The van der Waals surface area contributed by atoms with Crippen LogP contribution in [0.15, 0.2) is 30.3 Å². The molecule has 0 saturated carbocycles. The van der Waals surface area contributed by atoms with E-state index in [0.717, 1.165) is 16.1 Å². The van der Waals surface area contributed by atoms with Gasteiger partial charge in [0.1, 0.15) is 23.0 Å². The lowest BCUT2D eigenvalue weighted by molar-refractivity contribution is 0.0355. The highest BCUT2D eigenvalue weighted by molar-refractivity contribution is 5.99. The molecule has 0 heterocycles. The van der Waals surface area contributed by atoms with E-state index in [9.17, 15) is 22.8 Å². The zero-order chi connectivity index (χ0) is 20.5. The molecule has 0 aliphatic carbocycles. The number of rotatable bonds is 2. The number of halogens is 3. The Bertz CT molecular complexity index is 861. The van der Waals surface area contributed by atoms with Gasteiger partial charge < -0.3 is 0 Å². The number of amides is 2. The Morgan fingerprint density at radius 2 is 1.37 bits per heavy atom. The van der Waals surface area contributed by atoms with Crippen molar-refractivity contribution in [1.82, 2.24) is 10.4 Å². The SMILES string of the molecule is Cc1cc(C)cc(C(=O)N(NC(=O)c2c(F)cc(F)cc2F)C(C)(C)C)c1. The quantitative estimate of drug-likeness (QED) is 0.792. The van der Waals surface area contributed by atoms with Crippen LogP contribution in [-0.2, 0) is 0 Å². The molecule has 2 aromatic rings. The molecule has 0 radical (unpaired) electrons. The first-order chi connectivity index (χ1) is 12.4. The first-order valence-corrected chi connectivity index (χ1v) is 8.28. The average molecular weight is 378 g/mol. The summed E-state index contributed by atoms with van der Waals surface area (Å²) >= 11 is 0. The maximum atomic E-state index is 13.9. The van der Waals surface area contributed by atoms with E-state index in [0.29, 0.717) is 17.7 Å². The molecular weight excluding hydrogens is 357 g/mol. The molecule has 0 unspecified atom stereocenters. The molecule has 2 rings (SSSR count). The average Bonchev–Trinajstić information content (AvgIpc) is 2.48. The van der Waals surface area contributed by atoms with Gasteiger partial charge in [0.05, 0.1) is 5.54 Å². The molecule has 0 atom stereocenters. The van der Waals surface area contributed by atoms with Gasteiger partial charge in [0.2, 0.25) is 0 Å². The molecule has 0 bridgehead atoms. The van der Waals surface area contributed by atoms with Gasteiger partial charge in [0.25, 0.3) is 11.8 Å². The van der Waals surface area contributed by atoms with Crippen LogP contribution in [0.1, 0.15) is 52.6 Å². The Balaban J connectivity index is 2.41. The van der Waals surface area contributed by atoms with E-state index in [1.54, 1.807) is 32.9 Å². The van der Waals surface area contributed by atoms with Crippen molar-refractivity contribution in [2.24, 2.45) is 0 Å². The number of aryl methyl sites for hydroxylation is 2. The molecule has 4 nitrogen and oxygen atoms in total. The minimum atomic E-state index is -1.35. The van der Waals surface area contributed by atoms with Crippen LogP contribution >= 0.6 is 0 Å². The van der Waals surface area contributed by atoms with Crippen molar-refractivity contribution in [2.45, 2.75) is 40.2 Å². The monoisotopic (exact) mass is 378 g/mol. The number of carbonyl (C=O) groups excluding carboxylic acids is 2. The molecule has 1 N–H and O–H groups in total. The number of hydrogen-bond donors (Lipinski definition) is 1. The van der Waals surface area contributed by atoms with Crippen molar-refractivity contribution >= 4 is 11.8 Å². The topological polar surface area (TPSA) is 49.4 Å². The van der Waals surface area contributed by atoms with Gasteiger partial charge in [-0.2, -0.15) is 0 Å². The molecule has 0 aromatic heterocycles. The van der Waals surface area contributed by atoms with Gasteiger partial charge in [0.15, 0.2) is 0 Å². The third-order valence-corrected chi connectivity index (χ3v) is 3.79. The first kappa shape index (κ1) is 20.5. The zero-order valence-electron chi connectivity index (χ0n) is 15.8. The predicted octanol–water partition coefficient (Wildman–Crippen LogP) is 4.31. The Hall–Kier alpha value is -2.83. The summed E-state index contributed by atoms with van der Waals surface area (Å²) in [7, 11) is 0. The fraction of sp³-hybridized carbons (Fsp3) is 0.300. The van der Waals surface area contributed by atoms with E-state index in [4.69, 9.17) is 0 Å². The number of nitrogens with zero attached hydrogens (tertiary/aromatic N) is 1. The van der Waals surface area contributed by atoms with E-state index in [1.807, 2.05) is 19.9 Å². The first-order valence-electron chi connectivity index (χ1n) is 8.28. The highest BCUT2D eigenvalue weighted by atomic mass is 19.1. The van der Waals surface area contributed by atoms with E-state index < -0.39 is 40.4 Å². The number of carbonyl (C=O) groups is 2. The van der Waals surface area contributed by atoms with Gasteiger partial charge in [0, 0.05) is 17.7 Å². The van der Waals surface area contributed by atoms with Crippen LogP contribution in [0.3, 0.4) is 0 Å². The summed E-state index contributed by atoms with van der Waals surface area (Å²) in [4.78, 5) is 25.4. The Morgan fingerprint density at radius 1 is 0.889 bits per heavy atom. The summed E-state index contributed by atoms with van der Waals surface area (Å²) in [6.45, 7) is 8.63. The third kappa shape index (κ3) is 4.67. The summed E-state index contributed by atoms with van der Waals surface area (Å²) in [5.74, 6) is -5.56. The molecule has 144 valence electrons. The summed E-state index contributed by atoms with van der Waals surface area (Å²) in [5, 5.41) is 1.01. The highest BCUT2D eigenvalue weighted by Crippen LogP contribution is 2.20. The van der Waals surface area contributed by atoms with Gasteiger partial charge in [-0.3, -0.25) is 15.0 Å². The summed E-state index contributed by atoms with van der Waals surface area (Å²) in [5.41, 5.74) is 2.44. The van der Waals surface area contributed by atoms with Gasteiger partial charge in [-0.15, -0.1) is 0 Å². The van der Waals surface area contributed by atoms with Crippen LogP contribution in [0.4, 0.5) is 13.2 Å². The van der Waals surface area contributed by atoms with Gasteiger partial charge in [-0.1, -0.05) is 17.2 Å². The number of benzene rings is 2. The van der Waals surface area contributed by atoms with Crippen LogP contribution in [0.25, 0.3) is 0 Å². The molecule has 0 aliphatic rings. The Labute approximate surface area is 156 Å². The molecule has 2 amide bonds. The Kier molecular flexibility index (Phi) is 5.63. The van der Waals surface area contributed by atoms with Crippen molar-refractivity contribution in [3.63, 3.8) is 0 Å². The second-order valence-electron chi connectivity index (χ2n) is 7.37. The highest BCUT2D eigenvalue weighted by Gasteiger charge is 2.31. The van der Waals surface area contributed by atoms with Gasteiger partial charge in [-0.25, -0.2) is 18.2 Å². The minimum absolute atomic E-state index is 0.322. The second kappa shape index (κ2) is 7.42. The van der Waals surface area contributed by atoms with Crippen molar-refractivity contribution in [1.29, 1.82) is 0 Å². The van der Waals surface area contributed by atoms with E-state index in [2.05, 4.69) is 5.43 Å². The minimum Gasteiger partial charge on any atom is -0.267 e. The zero-order valence-corrected chi connectivity index (χ0v) is 15.8. The van der Waals surface area contributed by atoms with E-state index >= 15 is 0 Å². The van der Waals surface area contributed by atoms with Crippen molar-refractivity contribution in [2.75, 3.05) is 0 Å². The lowest BCUT2D eigenvalue weighted by atomic mass is 10.0. The second-order valence-corrected chi connectivity index (χ2v) is 7.37. The molecule has 0 saturated heterocycles. The molecule has 0 spiro atoms.